The molecular formula is C22H25N3O3. The quantitative estimate of drug-likeness (QED) is 0.720. The molecule has 1 N–H and O–H groups in total. The molecule has 2 aromatic carbocycles. The van der Waals surface area contributed by atoms with Crippen LogP contribution in [0.5, 0.6) is 11.5 Å². The molecule has 1 aliphatic rings. The van der Waals surface area contributed by atoms with E-state index in [4.69, 9.17) is 14.5 Å². The van der Waals surface area contributed by atoms with Crippen molar-refractivity contribution >= 4 is 22.5 Å². The minimum Gasteiger partial charge on any atom is -0.493 e. The fourth-order valence-electron chi connectivity index (χ4n) is 3.88. The number of nitrogens with zero attached hydrogens (tertiary/aromatic N) is 3. The average molecular weight is 379 g/mol. The standard InChI is InChI=1S/C22H25N3O3/c1-27-20-12-18-19(13-21(20)28-2)24-22(14-23-18)25(15-6-4-3-5-7-15)16-8-10-17(26)11-9-16/h3-7,12-14,16-17,26H,8-11H2,1-2H3. The largest absolute Gasteiger partial charge is 0.493 e. The number of rotatable bonds is 5. The number of aliphatic hydroxyl groups excluding tert-OH is 1. The summed E-state index contributed by atoms with van der Waals surface area (Å²) in [5, 5.41) is 9.93. The van der Waals surface area contributed by atoms with Crippen LogP contribution in [0, 0.1) is 0 Å². The highest BCUT2D eigenvalue weighted by Gasteiger charge is 2.27. The minimum atomic E-state index is -0.201. The predicted molar refractivity (Wildman–Crippen MR) is 109 cm³/mol. The third kappa shape index (κ3) is 3.60. The van der Waals surface area contributed by atoms with E-state index in [-0.39, 0.29) is 12.1 Å². The summed E-state index contributed by atoms with van der Waals surface area (Å²) in [5.41, 5.74) is 2.60. The summed E-state index contributed by atoms with van der Waals surface area (Å²) < 4.78 is 10.8. The first-order valence-corrected chi connectivity index (χ1v) is 9.60. The highest BCUT2D eigenvalue weighted by atomic mass is 16.5. The van der Waals surface area contributed by atoms with Crippen molar-refractivity contribution in [1.82, 2.24) is 9.97 Å². The molecular weight excluding hydrogens is 354 g/mol. The second-order valence-corrected chi connectivity index (χ2v) is 7.09. The maximum atomic E-state index is 9.93. The Morgan fingerprint density at radius 3 is 2.21 bits per heavy atom. The molecule has 0 aliphatic heterocycles. The Kier molecular flexibility index (Phi) is 5.30. The second kappa shape index (κ2) is 8.02. The Bertz CT molecular complexity index is 940. The third-order valence-electron chi connectivity index (χ3n) is 5.35. The molecule has 1 aliphatic carbocycles. The van der Waals surface area contributed by atoms with E-state index < -0.39 is 0 Å². The number of hydrogen-bond donors (Lipinski definition) is 1. The summed E-state index contributed by atoms with van der Waals surface area (Å²) in [7, 11) is 3.23. The SMILES string of the molecule is COc1cc2ncc(N(c3ccccc3)C3CCC(O)CC3)nc2cc1OC. The molecule has 1 saturated carbocycles. The van der Waals surface area contributed by atoms with Crippen LogP contribution in [-0.4, -0.2) is 41.4 Å². The summed E-state index contributed by atoms with van der Waals surface area (Å²) in [5.74, 6) is 2.07. The Morgan fingerprint density at radius 2 is 1.57 bits per heavy atom. The van der Waals surface area contributed by atoms with Gasteiger partial charge in [-0.3, -0.25) is 4.98 Å². The molecule has 4 rings (SSSR count). The summed E-state index contributed by atoms with van der Waals surface area (Å²) in [6, 6.07) is 14.2. The van der Waals surface area contributed by atoms with Gasteiger partial charge in [0.05, 0.1) is 37.6 Å². The summed E-state index contributed by atoms with van der Waals surface area (Å²) in [6.45, 7) is 0. The van der Waals surface area contributed by atoms with Crippen molar-refractivity contribution in [3.63, 3.8) is 0 Å². The molecule has 28 heavy (non-hydrogen) atoms. The lowest BCUT2D eigenvalue weighted by atomic mass is 9.91. The third-order valence-corrected chi connectivity index (χ3v) is 5.35. The van der Waals surface area contributed by atoms with Gasteiger partial charge in [0.25, 0.3) is 0 Å². The molecule has 0 unspecified atom stereocenters. The Morgan fingerprint density at radius 1 is 0.929 bits per heavy atom. The number of methoxy groups -OCH3 is 2. The maximum absolute atomic E-state index is 9.93. The topological polar surface area (TPSA) is 67.7 Å². The fourth-order valence-corrected chi connectivity index (χ4v) is 3.88. The van der Waals surface area contributed by atoms with Crippen LogP contribution >= 0.6 is 0 Å². The van der Waals surface area contributed by atoms with Gasteiger partial charge in [0.15, 0.2) is 17.3 Å². The van der Waals surface area contributed by atoms with Gasteiger partial charge in [-0.15, -0.1) is 0 Å². The van der Waals surface area contributed by atoms with E-state index >= 15 is 0 Å². The molecule has 3 aromatic rings. The fraction of sp³-hybridized carbons (Fsp3) is 0.364. The molecule has 0 bridgehead atoms. The smallest absolute Gasteiger partial charge is 0.163 e. The highest BCUT2D eigenvalue weighted by Crippen LogP contribution is 2.35. The van der Waals surface area contributed by atoms with Gasteiger partial charge in [-0.25, -0.2) is 4.98 Å². The van der Waals surface area contributed by atoms with E-state index in [0.717, 1.165) is 48.2 Å². The minimum absolute atomic E-state index is 0.201. The summed E-state index contributed by atoms with van der Waals surface area (Å²) >= 11 is 0. The zero-order valence-electron chi connectivity index (χ0n) is 16.2. The van der Waals surface area contributed by atoms with Crippen molar-refractivity contribution < 1.29 is 14.6 Å². The number of aromatic nitrogens is 2. The Hall–Kier alpha value is -2.86. The van der Waals surface area contributed by atoms with Crippen LogP contribution in [-0.2, 0) is 0 Å². The van der Waals surface area contributed by atoms with Crippen molar-refractivity contribution in [2.75, 3.05) is 19.1 Å². The lowest BCUT2D eigenvalue weighted by Gasteiger charge is -2.36. The number of anilines is 2. The van der Waals surface area contributed by atoms with E-state index in [1.807, 2.05) is 36.5 Å². The number of para-hydroxylation sites is 1. The number of hydrogen-bond acceptors (Lipinski definition) is 6. The van der Waals surface area contributed by atoms with Crippen molar-refractivity contribution in [3.05, 3.63) is 48.7 Å². The number of fused-ring (bicyclic) bond motifs is 1. The lowest BCUT2D eigenvalue weighted by molar-refractivity contribution is 0.123. The van der Waals surface area contributed by atoms with Crippen molar-refractivity contribution in [1.29, 1.82) is 0 Å². The molecule has 6 nitrogen and oxygen atoms in total. The first-order chi connectivity index (χ1) is 13.7. The van der Waals surface area contributed by atoms with Gasteiger partial charge in [-0.05, 0) is 37.8 Å². The lowest BCUT2D eigenvalue weighted by Crippen LogP contribution is -2.36. The van der Waals surface area contributed by atoms with Crippen molar-refractivity contribution in [2.45, 2.75) is 37.8 Å². The molecule has 1 fully saturated rings. The summed E-state index contributed by atoms with van der Waals surface area (Å²) in [4.78, 5) is 11.8. The van der Waals surface area contributed by atoms with Gasteiger partial charge in [-0.2, -0.15) is 0 Å². The van der Waals surface area contributed by atoms with Gasteiger partial charge in [0.2, 0.25) is 0 Å². The van der Waals surface area contributed by atoms with Crippen LogP contribution in [0.2, 0.25) is 0 Å². The van der Waals surface area contributed by atoms with Crippen LogP contribution in [0.25, 0.3) is 11.0 Å². The normalized spacial score (nSPS) is 19.4. The Balaban J connectivity index is 1.78. The number of ether oxygens (including phenoxy) is 2. The van der Waals surface area contributed by atoms with E-state index in [1.165, 1.54) is 0 Å². The van der Waals surface area contributed by atoms with Gasteiger partial charge in [0.1, 0.15) is 0 Å². The monoisotopic (exact) mass is 379 g/mol. The first-order valence-electron chi connectivity index (χ1n) is 9.60. The van der Waals surface area contributed by atoms with Gasteiger partial charge < -0.3 is 19.5 Å². The molecule has 0 amide bonds. The van der Waals surface area contributed by atoms with E-state index in [0.29, 0.717) is 11.5 Å². The van der Waals surface area contributed by atoms with Crippen LogP contribution in [0.1, 0.15) is 25.7 Å². The van der Waals surface area contributed by atoms with Crippen molar-refractivity contribution in [2.24, 2.45) is 0 Å². The van der Waals surface area contributed by atoms with Crippen molar-refractivity contribution in [3.8, 4) is 11.5 Å². The van der Waals surface area contributed by atoms with Gasteiger partial charge >= 0.3 is 0 Å². The molecule has 0 saturated heterocycles. The van der Waals surface area contributed by atoms with Gasteiger partial charge in [0, 0.05) is 23.9 Å². The average Bonchev–Trinajstić information content (AvgIpc) is 2.75. The first kappa shape index (κ1) is 18.5. The maximum Gasteiger partial charge on any atom is 0.163 e. The van der Waals surface area contributed by atoms with Crippen LogP contribution in [0.15, 0.2) is 48.7 Å². The van der Waals surface area contributed by atoms with Crippen LogP contribution < -0.4 is 14.4 Å². The molecule has 0 spiro atoms. The summed E-state index contributed by atoms with van der Waals surface area (Å²) in [6.07, 6.45) is 5.06. The predicted octanol–water partition coefficient (Wildman–Crippen LogP) is 4.09. The van der Waals surface area contributed by atoms with Crippen LogP contribution in [0.4, 0.5) is 11.5 Å². The molecule has 0 radical (unpaired) electrons. The van der Waals surface area contributed by atoms with Crippen LogP contribution in [0.3, 0.4) is 0 Å². The number of aliphatic hydroxyl groups is 1. The highest BCUT2D eigenvalue weighted by molar-refractivity contribution is 5.81. The van der Waals surface area contributed by atoms with E-state index in [9.17, 15) is 5.11 Å². The number of benzene rings is 2. The molecule has 1 aromatic heterocycles. The molecule has 146 valence electrons. The van der Waals surface area contributed by atoms with E-state index in [1.54, 1.807) is 14.2 Å². The van der Waals surface area contributed by atoms with Gasteiger partial charge in [-0.1, -0.05) is 18.2 Å². The second-order valence-electron chi connectivity index (χ2n) is 7.09. The Labute approximate surface area is 164 Å². The zero-order valence-corrected chi connectivity index (χ0v) is 16.2. The zero-order chi connectivity index (χ0) is 19.5. The molecule has 1 heterocycles. The van der Waals surface area contributed by atoms with E-state index in [2.05, 4.69) is 22.0 Å². The molecule has 6 heteroatoms. The molecule has 0 atom stereocenters.